The van der Waals surface area contributed by atoms with Crippen LogP contribution < -0.4 is 5.73 Å². The average Bonchev–Trinajstić information content (AvgIpc) is 2.97. The molecular weight excluding hydrogens is 250 g/mol. The minimum absolute atomic E-state index is 0.777. The Bertz CT molecular complexity index is 293. The smallest absolute Gasteiger partial charge is 0.0594 e. The molecule has 0 spiro atoms. The Balaban J connectivity index is 1.47. The standard InChI is InChI=1S/C16H31N3O/c17-11-14-3-1-2-4-15(14)12-18-6-5-16(13-18)19-7-9-20-10-8-19/h14-16H,1-13,17H2. The van der Waals surface area contributed by atoms with E-state index in [1.165, 1.54) is 51.7 Å². The molecule has 0 bridgehead atoms. The average molecular weight is 281 g/mol. The van der Waals surface area contributed by atoms with Gasteiger partial charge in [0.1, 0.15) is 0 Å². The lowest BCUT2D eigenvalue weighted by Gasteiger charge is -2.35. The number of rotatable bonds is 4. The lowest BCUT2D eigenvalue weighted by molar-refractivity contribution is 0.0179. The summed E-state index contributed by atoms with van der Waals surface area (Å²) in [6.07, 6.45) is 6.93. The molecule has 2 saturated heterocycles. The number of hydrogen-bond donors (Lipinski definition) is 1. The summed E-state index contributed by atoms with van der Waals surface area (Å²) in [5, 5.41) is 0. The number of likely N-dealkylation sites (tertiary alicyclic amines) is 1. The highest BCUT2D eigenvalue weighted by molar-refractivity contribution is 4.87. The van der Waals surface area contributed by atoms with Crippen LogP contribution in [0, 0.1) is 11.8 Å². The first-order valence-electron chi connectivity index (χ1n) is 8.61. The molecule has 1 saturated carbocycles. The lowest BCUT2D eigenvalue weighted by atomic mass is 9.79. The molecule has 1 aliphatic carbocycles. The molecule has 3 fully saturated rings. The van der Waals surface area contributed by atoms with Crippen LogP contribution in [-0.4, -0.2) is 68.3 Å². The molecule has 0 radical (unpaired) electrons. The summed E-state index contributed by atoms with van der Waals surface area (Å²) in [4.78, 5) is 5.35. The monoisotopic (exact) mass is 281 g/mol. The number of hydrogen-bond acceptors (Lipinski definition) is 4. The third-order valence-corrected chi connectivity index (χ3v) is 5.67. The molecule has 3 atom stereocenters. The summed E-state index contributed by atoms with van der Waals surface area (Å²) in [6.45, 7) is 8.86. The number of morpholine rings is 1. The Kier molecular flexibility index (Phi) is 5.32. The molecule has 0 amide bonds. The maximum absolute atomic E-state index is 5.97. The van der Waals surface area contributed by atoms with Gasteiger partial charge in [0.2, 0.25) is 0 Å². The topological polar surface area (TPSA) is 41.7 Å². The van der Waals surface area contributed by atoms with E-state index in [0.29, 0.717) is 0 Å². The Morgan fingerprint density at radius 2 is 1.70 bits per heavy atom. The van der Waals surface area contributed by atoms with E-state index in [4.69, 9.17) is 10.5 Å². The van der Waals surface area contributed by atoms with Crippen molar-refractivity contribution >= 4 is 0 Å². The molecule has 116 valence electrons. The van der Waals surface area contributed by atoms with E-state index in [1.807, 2.05) is 0 Å². The second-order valence-corrected chi connectivity index (χ2v) is 6.89. The van der Waals surface area contributed by atoms with E-state index in [2.05, 4.69) is 9.80 Å². The molecule has 0 aromatic rings. The van der Waals surface area contributed by atoms with Crippen LogP contribution >= 0.6 is 0 Å². The van der Waals surface area contributed by atoms with Gasteiger partial charge in [0.25, 0.3) is 0 Å². The van der Waals surface area contributed by atoms with Crippen molar-refractivity contribution in [1.82, 2.24) is 9.80 Å². The van der Waals surface area contributed by atoms with Gasteiger partial charge in [-0.1, -0.05) is 12.8 Å². The molecule has 0 aromatic heterocycles. The van der Waals surface area contributed by atoms with Crippen molar-refractivity contribution in [2.24, 2.45) is 17.6 Å². The van der Waals surface area contributed by atoms with Crippen molar-refractivity contribution in [3.8, 4) is 0 Å². The molecule has 4 nitrogen and oxygen atoms in total. The summed E-state index contributed by atoms with van der Waals surface area (Å²) in [6, 6.07) is 0.777. The van der Waals surface area contributed by atoms with Gasteiger partial charge in [0, 0.05) is 32.2 Å². The maximum Gasteiger partial charge on any atom is 0.0594 e. The highest BCUT2D eigenvalue weighted by Gasteiger charge is 2.32. The van der Waals surface area contributed by atoms with Gasteiger partial charge in [0.05, 0.1) is 13.2 Å². The van der Waals surface area contributed by atoms with Gasteiger partial charge in [-0.05, 0) is 44.2 Å². The third-order valence-electron chi connectivity index (χ3n) is 5.67. The van der Waals surface area contributed by atoms with Crippen molar-refractivity contribution in [3.63, 3.8) is 0 Å². The van der Waals surface area contributed by atoms with Crippen molar-refractivity contribution in [1.29, 1.82) is 0 Å². The second kappa shape index (κ2) is 7.21. The third kappa shape index (κ3) is 3.53. The summed E-state index contributed by atoms with van der Waals surface area (Å²) in [7, 11) is 0. The SMILES string of the molecule is NCC1CCCCC1CN1CCC(N2CCOCC2)C1. The Hall–Kier alpha value is -0.160. The minimum atomic E-state index is 0.777. The van der Waals surface area contributed by atoms with E-state index < -0.39 is 0 Å². The molecular formula is C16H31N3O. The van der Waals surface area contributed by atoms with Crippen molar-refractivity contribution in [2.75, 3.05) is 52.5 Å². The molecule has 3 rings (SSSR count). The summed E-state index contributed by atoms with van der Waals surface area (Å²) in [5.41, 5.74) is 5.97. The summed E-state index contributed by atoms with van der Waals surface area (Å²) < 4.78 is 5.47. The van der Waals surface area contributed by atoms with Crippen LogP contribution in [0.25, 0.3) is 0 Å². The molecule has 20 heavy (non-hydrogen) atoms. The van der Waals surface area contributed by atoms with E-state index in [9.17, 15) is 0 Å². The predicted octanol–water partition coefficient (Wildman–Crippen LogP) is 1.16. The molecule has 4 heteroatoms. The zero-order chi connectivity index (χ0) is 13.8. The van der Waals surface area contributed by atoms with Gasteiger partial charge < -0.3 is 15.4 Å². The fraction of sp³-hybridized carbons (Fsp3) is 1.00. The minimum Gasteiger partial charge on any atom is -0.379 e. The zero-order valence-electron chi connectivity index (χ0n) is 12.8. The first-order valence-corrected chi connectivity index (χ1v) is 8.61. The van der Waals surface area contributed by atoms with Crippen molar-refractivity contribution in [2.45, 2.75) is 38.1 Å². The highest BCUT2D eigenvalue weighted by Crippen LogP contribution is 2.31. The van der Waals surface area contributed by atoms with Gasteiger partial charge in [-0.25, -0.2) is 0 Å². The van der Waals surface area contributed by atoms with Gasteiger partial charge in [-0.3, -0.25) is 4.90 Å². The largest absolute Gasteiger partial charge is 0.379 e. The number of ether oxygens (including phenoxy) is 1. The van der Waals surface area contributed by atoms with E-state index in [0.717, 1.165) is 50.7 Å². The number of nitrogens with zero attached hydrogens (tertiary/aromatic N) is 2. The zero-order valence-corrected chi connectivity index (χ0v) is 12.8. The Morgan fingerprint density at radius 1 is 0.950 bits per heavy atom. The number of nitrogens with two attached hydrogens (primary N) is 1. The summed E-state index contributed by atoms with van der Waals surface area (Å²) in [5.74, 6) is 1.64. The van der Waals surface area contributed by atoms with Gasteiger partial charge >= 0.3 is 0 Å². The molecule has 3 aliphatic rings. The molecule has 0 aromatic carbocycles. The van der Waals surface area contributed by atoms with Crippen LogP contribution in [0.1, 0.15) is 32.1 Å². The van der Waals surface area contributed by atoms with Gasteiger partial charge in [0.15, 0.2) is 0 Å². The first kappa shape index (κ1) is 14.8. The van der Waals surface area contributed by atoms with Crippen LogP contribution in [-0.2, 0) is 4.74 Å². The van der Waals surface area contributed by atoms with Crippen LogP contribution in [0.4, 0.5) is 0 Å². The lowest BCUT2D eigenvalue weighted by Crippen LogP contribution is -2.45. The highest BCUT2D eigenvalue weighted by atomic mass is 16.5. The van der Waals surface area contributed by atoms with E-state index in [1.54, 1.807) is 0 Å². The van der Waals surface area contributed by atoms with Crippen molar-refractivity contribution in [3.05, 3.63) is 0 Å². The van der Waals surface area contributed by atoms with Crippen LogP contribution in [0.5, 0.6) is 0 Å². The van der Waals surface area contributed by atoms with Crippen LogP contribution in [0.3, 0.4) is 0 Å². The van der Waals surface area contributed by atoms with Crippen LogP contribution in [0.15, 0.2) is 0 Å². The Morgan fingerprint density at radius 3 is 2.45 bits per heavy atom. The van der Waals surface area contributed by atoms with Gasteiger partial charge in [-0.2, -0.15) is 0 Å². The predicted molar refractivity (Wildman–Crippen MR) is 81.7 cm³/mol. The van der Waals surface area contributed by atoms with Crippen molar-refractivity contribution < 1.29 is 4.74 Å². The first-order chi connectivity index (χ1) is 9.86. The molecule has 3 unspecified atom stereocenters. The summed E-state index contributed by atoms with van der Waals surface area (Å²) >= 11 is 0. The fourth-order valence-corrected chi connectivity index (χ4v) is 4.39. The fourth-order valence-electron chi connectivity index (χ4n) is 4.39. The molecule has 2 aliphatic heterocycles. The maximum atomic E-state index is 5.97. The second-order valence-electron chi connectivity index (χ2n) is 6.89. The van der Waals surface area contributed by atoms with E-state index in [-0.39, 0.29) is 0 Å². The molecule has 2 heterocycles. The molecule has 2 N–H and O–H groups in total. The van der Waals surface area contributed by atoms with Crippen LogP contribution in [0.2, 0.25) is 0 Å². The Labute approximate surface area is 123 Å². The normalized spacial score (nSPS) is 37.4. The van der Waals surface area contributed by atoms with Gasteiger partial charge in [-0.15, -0.1) is 0 Å². The quantitative estimate of drug-likeness (QED) is 0.839. The van der Waals surface area contributed by atoms with E-state index >= 15 is 0 Å².